The molecule has 9 heteroatoms. The number of nitrogens with zero attached hydrogens (tertiary/aromatic N) is 1. The Morgan fingerprint density at radius 1 is 1.20 bits per heavy atom. The van der Waals surface area contributed by atoms with Crippen molar-refractivity contribution in [3.8, 4) is 11.5 Å². The van der Waals surface area contributed by atoms with Gasteiger partial charge < -0.3 is 26.6 Å². The Bertz CT molecular complexity index is 735. The fraction of sp³-hybridized carbons (Fsp3) is 0.312. The average molecular weight is 386 g/mol. The van der Waals surface area contributed by atoms with E-state index in [0.717, 1.165) is 0 Å². The first kappa shape index (κ1) is 20.7. The number of thiazole rings is 1. The largest absolute Gasteiger partial charge is 1.00 e. The van der Waals surface area contributed by atoms with E-state index in [2.05, 4.69) is 10.3 Å². The molecule has 136 valence electrons. The van der Waals surface area contributed by atoms with Crippen molar-refractivity contribution in [2.75, 3.05) is 26.1 Å². The van der Waals surface area contributed by atoms with Crippen molar-refractivity contribution < 1.29 is 36.2 Å². The number of esters is 1. The molecular weight excluding hydrogens is 368 g/mol. The highest BCUT2D eigenvalue weighted by Crippen LogP contribution is 2.28. The van der Waals surface area contributed by atoms with Crippen molar-refractivity contribution in [1.82, 2.24) is 4.98 Å². The molecule has 0 aliphatic carbocycles. The molecule has 0 spiro atoms. The molecule has 2 rings (SSSR count). The zero-order valence-corrected chi connectivity index (χ0v) is 15.6. The highest BCUT2D eigenvalue weighted by atomic mass is 35.5. The Hall–Kier alpha value is -2.32. The number of anilines is 1. The van der Waals surface area contributed by atoms with E-state index < -0.39 is 0 Å². The number of halogens is 1. The van der Waals surface area contributed by atoms with Crippen LogP contribution in [0.4, 0.5) is 5.13 Å². The van der Waals surface area contributed by atoms with Gasteiger partial charge in [-0.15, -0.1) is 11.3 Å². The highest BCUT2D eigenvalue weighted by Gasteiger charge is 2.14. The normalized spacial score (nSPS) is 9.72. The maximum Gasteiger partial charge on any atom is 0.311 e. The Labute approximate surface area is 155 Å². The van der Waals surface area contributed by atoms with Gasteiger partial charge in [-0.1, -0.05) is 0 Å². The van der Waals surface area contributed by atoms with Crippen molar-refractivity contribution in [3.05, 3.63) is 34.8 Å². The zero-order valence-electron chi connectivity index (χ0n) is 14.0. The summed E-state index contributed by atoms with van der Waals surface area (Å²) in [7, 11) is 3.03. The van der Waals surface area contributed by atoms with Crippen LogP contribution in [-0.4, -0.2) is 37.7 Å². The molecule has 0 radical (unpaired) electrons. The number of methoxy groups -OCH3 is 2. The molecule has 1 amide bonds. The molecule has 2 aromatic rings. The molecule has 0 saturated heterocycles. The summed E-state index contributed by atoms with van der Waals surface area (Å²) in [6, 6.07) is 4.87. The molecule has 0 aliphatic heterocycles. The number of nitrogens with one attached hydrogen (secondary N) is 1. The molecule has 0 fully saturated rings. The van der Waals surface area contributed by atoms with Crippen LogP contribution in [0.25, 0.3) is 0 Å². The monoisotopic (exact) mass is 385 g/mol. The zero-order chi connectivity index (χ0) is 17.5. The third-order valence-corrected chi connectivity index (χ3v) is 3.86. The minimum absolute atomic E-state index is 0. The van der Waals surface area contributed by atoms with Crippen LogP contribution in [0, 0.1) is 0 Å². The second-order valence-electron chi connectivity index (χ2n) is 4.65. The van der Waals surface area contributed by atoms with Gasteiger partial charge in [-0.2, -0.15) is 0 Å². The van der Waals surface area contributed by atoms with Crippen LogP contribution in [0.15, 0.2) is 23.6 Å². The lowest BCUT2D eigenvalue weighted by molar-refractivity contribution is -0.142. The maximum atomic E-state index is 12.3. The topological polar surface area (TPSA) is 86.8 Å². The summed E-state index contributed by atoms with van der Waals surface area (Å²) < 4.78 is 15.2. The Morgan fingerprint density at radius 3 is 2.56 bits per heavy atom. The van der Waals surface area contributed by atoms with Crippen molar-refractivity contribution in [2.45, 2.75) is 13.3 Å². The van der Waals surface area contributed by atoms with Crippen molar-refractivity contribution >= 4 is 28.3 Å². The molecule has 1 N–H and O–H groups in total. The van der Waals surface area contributed by atoms with Gasteiger partial charge in [0.05, 0.1) is 32.9 Å². The van der Waals surface area contributed by atoms with Gasteiger partial charge in [0.1, 0.15) is 0 Å². The highest BCUT2D eigenvalue weighted by molar-refractivity contribution is 7.14. The van der Waals surface area contributed by atoms with Gasteiger partial charge >= 0.3 is 5.97 Å². The summed E-state index contributed by atoms with van der Waals surface area (Å²) in [4.78, 5) is 27.9. The summed E-state index contributed by atoms with van der Waals surface area (Å²) >= 11 is 1.24. The number of rotatable bonds is 7. The van der Waals surface area contributed by atoms with E-state index in [1.807, 2.05) is 0 Å². The number of carbonyl (C=O) groups is 2. The van der Waals surface area contributed by atoms with Gasteiger partial charge in [-0.3, -0.25) is 14.9 Å². The van der Waals surface area contributed by atoms with E-state index in [0.29, 0.717) is 34.5 Å². The number of ether oxygens (including phenoxy) is 3. The molecule has 0 atom stereocenters. The van der Waals surface area contributed by atoms with Gasteiger partial charge in [0.15, 0.2) is 16.6 Å². The first-order valence-corrected chi connectivity index (χ1v) is 8.08. The molecule has 0 bridgehead atoms. The quantitative estimate of drug-likeness (QED) is 0.648. The van der Waals surface area contributed by atoms with Gasteiger partial charge in [-0.25, -0.2) is 4.98 Å². The lowest BCUT2D eigenvalue weighted by Gasteiger charge is -2.09. The Kier molecular flexibility index (Phi) is 8.17. The third kappa shape index (κ3) is 5.61. The fourth-order valence-electron chi connectivity index (χ4n) is 1.95. The average Bonchev–Trinajstić information content (AvgIpc) is 3.01. The Balaban J connectivity index is 0.00000312. The van der Waals surface area contributed by atoms with E-state index in [1.54, 1.807) is 30.5 Å². The molecule has 1 aromatic carbocycles. The summed E-state index contributed by atoms with van der Waals surface area (Å²) in [6.07, 6.45) is 0.0799. The summed E-state index contributed by atoms with van der Waals surface area (Å²) in [5, 5.41) is 4.81. The molecular formula is C16H18ClN2O5S-. The van der Waals surface area contributed by atoms with Crippen LogP contribution in [0.5, 0.6) is 11.5 Å². The number of benzene rings is 1. The van der Waals surface area contributed by atoms with Crippen molar-refractivity contribution in [2.24, 2.45) is 0 Å². The summed E-state index contributed by atoms with van der Waals surface area (Å²) in [5.74, 6) is 0.334. The van der Waals surface area contributed by atoms with Crippen LogP contribution in [-0.2, 0) is 16.0 Å². The van der Waals surface area contributed by atoms with E-state index in [9.17, 15) is 9.59 Å². The van der Waals surface area contributed by atoms with Crippen molar-refractivity contribution in [3.63, 3.8) is 0 Å². The fourth-order valence-corrected chi connectivity index (χ4v) is 2.66. The second kappa shape index (κ2) is 9.85. The van der Waals surface area contributed by atoms with Crippen LogP contribution in [0.1, 0.15) is 23.0 Å². The molecule has 0 unspecified atom stereocenters. The van der Waals surface area contributed by atoms with Gasteiger partial charge in [0, 0.05) is 10.9 Å². The number of hydrogen-bond donors (Lipinski definition) is 1. The van der Waals surface area contributed by atoms with Crippen LogP contribution >= 0.6 is 11.3 Å². The number of aromatic nitrogens is 1. The molecule has 0 aliphatic rings. The van der Waals surface area contributed by atoms with Gasteiger partial charge in [0.25, 0.3) is 5.91 Å². The predicted molar refractivity (Wildman–Crippen MR) is 90.0 cm³/mol. The maximum absolute atomic E-state index is 12.3. The van der Waals surface area contributed by atoms with E-state index in [1.165, 1.54) is 25.6 Å². The van der Waals surface area contributed by atoms with Gasteiger partial charge in [0.2, 0.25) is 0 Å². The molecule has 1 heterocycles. The Morgan fingerprint density at radius 2 is 1.92 bits per heavy atom. The SMILES string of the molecule is CCOC(=O)Cc1csc(NC(=O)c2ccc(OC)c(OC)c2)n1.[Cl-]. The van der Waals surface area contributed by atoms with Crippen LogP contribution in [0.2, 0.25) is 0 Å². The standard InChI is InChI=1S/C16H18N2O5S.ClH/c1-4-23-14(19)8-11-9-24-16(17-11)18-15(20)10-5-6-12(21-2)13(7-10)22-3;/h5-7,9H,4,8H2,1-3H3,(H,17,18,20);1H/p-1. The minimum atomic E-state index is -0.347. The molecule has 25 heavy (non-hydrogen) atoms. The van der Waals surface area contributed by atoms with Crippen LogP contribution in [0.3, 0.4) is 0 Å². The van der Waals surface area contributed by atoms with Crippen molar-refractivity contribution in [1.29, 1.82) is 0 Å². The second-order valence-corrected chi connectivity index (χ2v) is 5.51. The first-order chi connectivity index (χ1) is 11.6. The molecule has 1 aromatic heterocycles. The lowest BCUT2D eigenvalue weighted by atomic mass is 10.2. The lowest BCUT2D eigenvalue weighted by Crippen LogP contribution is -3.00. The number of hydrogen-bond acceptors (Lipinski definition) is 7. The molecule has 0 saturated carbocycles. The smallest absolute Gasteiger partial charge is 0.311 e. The molecule has 7 nitrogen and oxygen atoms in total. The predicted octanol–water partition coefficient (Wildman–Crippen LogP) is -0.478. The third-order valence-electron chi connectivity index (χ3n) is 3.05. The van der Waals surface area contributed by atoms with E-state index >= 15 is 0 Å². The minimum Gasteiger partial charge on any atom is -1.00 e. The van der Waals surface area contributed by atoms with Crippen LogP contribution < -0.4 is 27.2 Å². The number of amides is 1. The first-order valence-electron chi connectivity index (χ1n) is 7.20. The summed E-state index contributed by atoms with van der Waals surface area (Å²) in [6.45, 7) is 2.07. The summed E-state index contributed by atoms with van der Waals surface area (Å²) in [5.41, 5.74) is 0.968. The van der Waals surface area contributed by atoms with E-state index in [-0.39, 0.29) is 30.7 Å². The number of carbonyl (C=O) groups excluding carboxylic acids is 2. The van der Waals surface area contributed by atoms with E-state index in [4.69, 9.17) is 14.2 Å². The van der Waals surface area contributed by atoms with Gasteiger partial charge in [-0.05, 0) is 25.1 Å².